The summed E-state index contributed by atoms with van der Waals surface area (Å²) in [5.74, 6) is -0.0465. The monoisotopic (exact) mass is 602 g/mol. The molecule has 0 aliphatic heterocycles. The number of benzene rings is 3. The zero-order valence-electron chi connectivity index (χ0n) is 26.1. The van der Waals surface area contributed by atoms with Crippen LogP contribution in [-0.2, 0) is 25.6 Å². The van der Waals surface area contributed by atoms with Gasteiger partial charge in [-0.15, -0.1) is 0 Å². The van der Waals surface area contributed by atoms with Crippen molar-refractivity contribution < 1.29 is 28.7 Å². The van der Waals surface area contributed by atoms with Crippen molar-refractivity contribution in [3.8, 4) is 0 Å². The molecule has 1 aliphatic carbocycles. The Kier molecular flexibility index (Phi) is 14.6. The molecule has 4 nitrogen and oxygen atoms in total. The van der Waals surface area contributed by atoms with Crippen molar-refractivity contribution in [3.05, 3.63) is 108 Å². The normalized spacial score (nSPS) is 19.1. The standard InChI is InChI=1S/C29H32N2O2.2C4H9.Ti/c1-29(2)19-25(30-27(32)22-14-8-4-9-15-22)24(18-21-12-6-3-7-13-21)26(20-29)31-28(33)23-16-10-5-11-17-23;2*1-3-4-2;/h3-17,24-26H,18-20H2,1-2H3,(H,30,32)(H,31,33);2*1,3-4H2,2H3;. The van der Waals surface area contributed by atoms with Gasteiger partial charge >= 0.3 is 68.1 Å². The molecule has 2 atom stereocenters. The van der Waals surface area contributed by atoms with E-state index in [2.05, 4.69) is 50.5 Å². The molecule has 3 aromatic carbocycles. The first-order valence-corrected chi connectivity index (χ1v) is 18.0. The van der Waals surface area contributed by atoms with Gasteiger partial charge in [-0.1, -0.05) is 80.6 Å². The first-order chi connectivity index (χ1) is 20.3. The van der Waals surface area contributed by atoms with Crippen LogP contribution in [0, 0.1) is 11.3 Å². The van der Waals surface area contributed by atoms with Gasteiger partial charge in [0.2, 0.25) is 0 Å². The van der Waals surface area contributed by atoms with E-state index in [0.717, 1.165) is 19.3 Å². The summed E-state index contributed by atoms with van der Waals surface area (Å²) in [4.78, 5) is 26.1. The molecule has 0 bridgehead atoms. The molecule has 1 aliphatic rings. The van der Waals surface area contributed by atoms with Gasteiger partial charge in [0, 0.05) is 29.1 Å². The van der Waals surface area contributed by atoms with Crippen LogP contribution in [0.3, 0.4) is 0 Å². The quantitative estimate of drug-likeness (QED) is 0.161. The summed E-state index contributed by atoms with van der Waals surface area (Å²) in [6.07, 6.45) is 8.29. The molecular weight excluding hydrogens is 552 g/mol. The van der Waals surface area contributed by atoms with Crippen molar-refractivity contribution >= 4 is 11.8 Å². The predicted molar refractivity (Wildman–Crippen MR) is 171 cm³/mol. The van der Waals surface area contributed by atoms with E-state index in [1.165, 1.54) is 31.2 Å². The van der Waals surface area contributed by atoms with Crippen LogP contribution in [0.25, 0.3) is 0 Å². The topological polar surface area (TPSA) is 58.2 Å². The third kappa shape index (κ3) is 11.5. The fourth-order valence-electron chi connectivity index (χ4n) is 5.76. The Labute approximate surface area is 263 Å². The van der Waals surface area contributed by atoms with Gasteiger partial charge in [-0.3, -0.25) is 9.59 Å². The molecule has 2 amide bonds. The number of nitrogens with one attached hydrogen (secondary N) is 2. The summed E-state index contributed by atoms with van der Waals surface area (Å²) in [7, 11) is 0. The fraction of sp³-hybridized carbons (Fsp3) is 0.459. The first kappa shape index (κ1) is 33.8. The Hall–Kier alpha value is -2.69. The van der Waals surface area contributed by atoms with Crippen LogP contribution in [0.1, 0.15) is 92.5 Å². The first-order valence-electron chi connectivity index (χ1n) is 15.8. The average molecular weight is 603 g/mol. The third-order valence-electron chi connectivity index (χ3n) is 8.01. The summed E-state index contributed by atoms with van der Waals surface area (Å²) >= 11 is 0.496. The number of unbranched alkanes of at least 4 members (excludes halogenated alkanes) is 2. The molecule has 0 aromatic heterocycles. The van der Waals surface area contributed by atoms with Crippen LogP contribution in [0.4, 0.5) is 0 Å². The number of carbonyl (C=O) groups is 2. The molecule has 5 heteroatoms. The summed E-state index contributed by atoms with van der Waals surface area (Å²) in [6, 6.07) is 28.9. The van der Waals surface area contributed by atoms with Crippen molar-refractivity contribution in [1.82, 2.24) is 10.6 Å². The van der Waals surface area contributed by atoms with E-state index >= 15 is 0 Å². The summed E-state index contributed by atoms with van der Waals surface area (Å²) in [5, 5.41) is 6.63. The van der Waals surface area contributed by atoms with Crippen LogP contribution in [-0.4, -0.2) is 23.9 Å². The molecule has 2 unspecified atom stereocenters. The number of rotatable bonds is 12. The number of hydrogen-bond acceptors (Lipinski definition) is 2. The molecule has 1 fully saturated rings. The molecule has 4 rings (SSSR count). The molecule has 3 aromatic rings. The second-order valence-corrected chi connectivity index (χ2v) is 14.6. The summed E-state index contributed by atoms with van der Waals surface area (Å²) in [6.45, 7) is 9.00. The van der Waals surface area contributed by atoms with Crippen molar-refractivity contribution in [2.45, 2.75) is 94.2 Å². The molecule has 1 saturated carbocycles. The average Bonchev–Trinajstić information content (AvgIpc) is 3.00. The maximum atomic E-state index is 13.1. The van der Waals surface area contributed by atoms with Gasteiger partial charge in [-0.25, -0.2) is 0 Å². The maximum absolute atomic E-state index is 13.1. The third-order valence-corrected chi connectivity index (χ3v) is 10.2. The summed E-state index contributed by atoms with van der Waals surface area (Å²) < 4.78 is 3.16. The van der Waals surface area contributed by atoms with Crippen LogP contribution in [0.2, 0.25) is 9.45 Å². The van der Waals surface area contributed by atoms with Gasteiger partial charge in [0.15, 0.2) is 0 Å². The van der Waals surface area contributed by atoms with E-state index in [1.54, 1.807) is 9.45 Å². The summed E-state index contributed by atoms with van der Waals surface area (Å²) in [5.41, 5.74) is 2.50. The molecule has 0 radical (unpaired) electrons. The molecule has 0 saturated heterocycles. The zero-order chi connectivity index (χ0) is 30.2. The molecule has 0 heterocycles. The van der Waals surface area contributed by atoms with Crippen LogP contribution in [0.15, 0.2) is 91.0 Å². The Morgan fingerprint density at radius 3 is 1.50 bits per heavy atom. The van der Waals surface area contributed by atoms with Gasteiger partial charge in [-0.05, 0) is 54.5 Å². The Bertz CT molecular complexity index is 1110. The van der Waals surface area contributed by atoms with E-state index < -0.39 is 0 Å². The minimum absolute atomic E-state index is 0.0174. The van der Waals surface area contributed by atoms with Gasteiger partial charge in [0.1, 0.15) is 0 Å². The number of amides is 2. The van der Waals surface area contributed by atoms with Crippen LogP contribution >= 0.6 is 0 Å². The van der Waals surface area contributed by atoms with Crippen molar-refractivity contribution in [1.29, 1.82) is 0 Å². The van der Waals surface area contributed by atoms with E-state index in [4.69, 9.17) is 0 Å². The van der Waals surface area contributed by atoms with Gasteiger partial charge in [0.25, 0.3) is 11.8 Å². The Balaban J connectivity index is 0.000000467. The van der Waals surface area contributed by atoms with Crippen molar-refractivity contribution in [2.24, 2.45) is 11.3 Å². The second kappa shape index (κ2) is 18.1. The zero-order valence-corrected chi connectivity index (χ0v) is 27.6. The molecule has 42 heavy (non-hydrogen) atoms. The van der Waals surface area contributed by atoms with Crippen molar-refractivity contribution in [2.75, 3.05) is 0 Å². The van der Waals surface area contributed by atoms with E-state index in [9.17, 15) is 9.59 Å². The predicted octanol–water partition coefficient (Wildman–Crippen LogP) is 8.77. The van der Waals surface area contributed by atoms with Crippen molar-refractivity contribution in [3.63, 3.8) is 0 Å². The molecule has 224 valence electrons. The SMILES string of the molecule is CC1(C)CC(NC(=O)c2ccccc2)C(Cc2ccccc2)C(NC(=O)c2ccccc2)C1.CCC[CH2][Ti][CH2]CCC. The van der Waals surface area contributed by atoms with Gasteiger partial charge in [0.05, 0.1) is 0 Å². The van der Waals surface area contributed by atoms with E-state index in [-0.39, 0.29) is 35.2 Å². The van der Waals surface area contributed by atoms with E-state index in [1.807, 2.05) is 78.9 Å². The number of carbonyl (C=O) groups excluding carboxylic acids is 2. The molecule has 0 spiro atoms. The second-order valence-electron chi connectivity index (χ2n) is 12.3. The van der Waals surface area contributed by atoms with Crippen LogP contribution in [0.5, 0.6) is 0 Å². The Morgan fingerprint density at radius 1 is 0.690 bits per heavy atom. The molecule has 2 N–H and O–H groups in total. The number of hydrogen-bond donors (Lipinski definition) is 2. The van der Waals surface area contributed by atoms with Gasteiger partial charge in [-0.2, -0.15) is 0 Å². The Morgan fingerprint density at radius 2 is 1.10 bits per heavy atom. The van der Waals surface area contributed by atoms with Gasteiger partial charge < -0.3 is 10.6 Å². The van der Waals surface area contributed by atoms with Crippen LogP contribution < -0.4 is 10.6 Å². The van der Waals surface area contributed by atoms with E-state index in [0.29, 0.717) is 30.3 Å². The molecular formula is C37H50N2O2Ti. The minimum atomic E-state index is -0.0653. The fourth-order valence-corrected chi connectivity index (χ4v) is 8.03.